The van der Waals surface area contributed by atoms with E-state index in [0.29, 0.717) is 11.3 Å². The first kappa shape index (κ1) is 10.9. The summed E-state index contributed by atoms with van der Waals surface area (Å²) in [4.78, 5) is 0. The summed E-state index contributed by atoms with van der Waals surface area (Å²) in [5.41, 5.74) is 0.324. The van der Waals surface area contributed by atoms with Crippen LogP contribution in [0.5, 0.6) is 0 Å². The standard InChI is InChI=1S/C9H21NO/c1-8(6-11-5)9(2,3)7-10-4/h8,10H,6-7H2,1-5H3. The molecule has 1 N–H and O–H groups in total. The maximum absolute atomic E-state index is 5.11. The van der Waals surface area contributed by atoms with E-state index in [-0.39, 0.29) is 0 Å². The zero-order valence-corrected chi connectivity index (χ0v) is 8.40. The van der Waals surface area contributed by atoms with Gasteiger partial charge in [0.2, 0.25) is 0 Å². The van der Waals surface area contributed by atoms with Crippen LogP contribution in [0.4, 0.5) is 0 Å². The monoisotopic (exact) mass is 159 g/mol. The Bertz CT molecular complexity index is 102. The Hall–Kier alpha value is -0.0800. The molecule has 2 nitrogen and oxygen atoms in total. The maximum atomic E-state index is 5.11. The van der Waals surface area contributed by atoms with Crippen molar-refractivity contribution in [1.82, 2.24) is 5.32 Å². The average Bonchev–Trinajstić information content (AvgIpc) is 1.88. The normalized spacial score (nSPS) is 15.0. The molecular formula is C9H21NO. The fourth-order valence-electron chi connectivity index (χ4n) is 1.11. The van der Waals surface area contributed by atoms with Gasteiger partial charge in [-0.1, -0.05) is 20.8 Å². The Kier molecular flexibility index (Phi) is 4.69. The fraction of sp³-hybridized carbons (Fsp3) is 1.00. The second kappa shape index (κ2) is 4.73. The fourth-order valence-corrected chi connectivity index (χ4v) is 1.11. The number of nitrogens with one attached hydrogen (secondary N) is 1. The minimum absolute atomic E-state index is 0.324. The molecule has 0 aliphatic carbocycles. The minimum atomic E-state index is 0.324. The lowest BCUT2D eigenvalue weighted by atomic mass is 9.80. The first-order valence-corrected chi connectivity index (χ1v) is 4.18. The molecule has 0 aliphatic heterocycles. The SMILES string of the molecule is CNCC(C)(C)C(C)COC. The van der Waals surface area contributed by atoms with Crippen LogP contribution in [0, 0.1) is 11.3 Å². The molecule has 0 radical (unpaired) electrons. The van der Waals surface area contributed by atoms with Crippen LogP contribution in [0.2, 0.25) is 0 Å². The van der Waals surface area contributed by atoms with E-state index < -0.39 is 0 Å². The summed E-state index contributed by atoms with van der Waals surface area (Å²) in [6.07, 6.45) is 0. The molecule has 1 atom stereocenters. The van der Waals surface area contributed by atoms with E-state index in [2.05, 4.69) is 26.1 Å². The molecule has 0 spiro atoms. The van der Waals surface area contributed by atoms with Gasteiger partial charge in [0, 0.05) is 20.3 Å². The molecule has 0 heterocycles. The van der Waals surface area contributed by atoms with Crippen molar-refractivity contribution in [1.29, 1.82) is 0 Å². The Balaban J connectivity index is 3.83. The van der Waals surface area contributed by atoms with E-state index >= 15 is 0 Å². The van der Waals surface area contributed by atoms with Gasteiger partial charge in [0.15, 0.2) is 0 Å². The predicted octanol–water partition coefficient (Wildman–Crippen LogP) is 1.51. The third kappa shape index (κ3) is 3.73. The zero-order valence-electron chi connectivity index (χ0n) is 8.40. The summed E-state index contributed by atoms with van der Waals surface area (Å²) in [6, 6.07) is 0. The molecule has 2 heteroatoms. The highest BCUT2D eigenvalue weighted by molar-refractivity contribution is 4.76. The Labute approximate surface area is 70.3 Å². The van der Waals surface area contributed by atoms with Crippen molar-refractivity contribution in [2.75, 3.05) is 27.3 Å². The third-order valence-corrected chi connectivity index (χ3v) is 2.38. The van der Waals surface area contributed by atoms with Crippen molar-refractivity contribution in [2.45, 2.75) is 20.8 Å². The molecule has 0 saturated carbocycles. The van der Waals surface area contributed by atoms with Gasteiger partial charge in [0.05, 0.1) is 0 Å². The van der Waals surface area contributed by atoms with E-state index in [9.17, 15) is 0 Å². The maximum Gasteiger partial charge on any atom is 0.0493 e. The van der Waals surface area contributed by atoms with Crippen molar-refractivity contribution in [3.8, 4) is 0 Å². The van der Waals surface area contributed by atoms with Gasteiger partial charge in [-0.15, -0.1) is 0 Å². The molecule has 0 aromatic heterocycles. The number of ether oxygens (including phenoxy) is 1. The summed E-state index contributed by atoms with van der Waals surface area (Å²) in [5.74, 6) is 0.597. The van der Waals surface area contributed by atoms with Crippen LogP contribution >= 0.6 is 0 Å². The molecule has 0 fully saturated rings. The molecular weight excluding hydrogens is 138 g/mol. The van der Waals surface area contributed by atoms with E-state index in [0.717, 1.165) is 13.2 Å². The van der Waals surface area contributed by atoms with Gasteiger partial charge in [-0.05, 0) is 18.4 Å². The lowest BCUT2D eigenvalue weighted by Crippen LogP contribution is -2.34. The minimum Gasteiger partial charge on any atom is -0.384 e. The Morgan fingerprint density at radius 1 is 1.45 bits per heavy atom. The van der Waals surface area contributed by atoms with Gasteiger partial charge in [-0.3, -0.25) is 0 Å². The largest absolute Gasteiger partial charge is 0.384 e. The lowest BCUT2D eigenvalue weighted by Gasteiger charge is -2.31. The summed E-state index contributed by atoms with van der Waals surface area (Å²) in [5, 5.41) is 3.19. The number of hydrogen-bond acceptors (Lipinski definition) is 2. The second-order valence-electron chi connectivity index (χ2n) is 3.88. The van der Waals surface area contributed by atoms with Gasteiger partial charge in [0.25, 0.3) is 0 Å². The number of rotatable bonds is 5. The molecule has 11 heavy (non-hydrogen) atoms. The van der Waals surface area contributed by atoms with Crippen LogP contribution in [0.25, 0.3) is 0 Å². The van der Waals surface area contributed by atoms with E-state index in [1.807, 2.05) is 7.05 Å². The lowest BCUT2D eigenvalue weighted by molar-refractivity contribution is 0.0921. The van der Waals surface area contributed by atoms with E-state index in [4.69, 9.17) is 4.74 Å². The van der Waals surface area contributed by atoms with Gasteiger partial charge < -0.3 is 10.1 Å². The van der Waals surface area contributed by atoms with Crippen LogP contribution in [0.15, 0.2) is 0 Å². The Morgan fingerprint density at radius 3 is 2.36 bits per heavy atom. The summed E-state index contributed by atoms with van der Waals surface area (Å²) < 4.78 is 5.11. The molecule has 0 aliphatic rings. The van der Waals surface area contributed by atoms with Crippen LogP contribution in [0.3, 0.4) is 0 Å². The van der Waals surface area contributed by atoms with Crippen LogP contribution in [0.1, 0.15) is 20.8 Å². The second-order valence-corrected chi connectivity index (χ2v) is 3.88. The topological polar surface area (TPSA) is 21.3 Å². The van der Waals surface area contributed by atoms with E-state index in [1.54, 1.807) is 7.11 Å². The van der Waals surface area contributed by atoms with Gasteiger partial charge >= 0.3 is 0 Å². The van der Waals surface area contributed by atoms with Crippen molar-refractivity contribution in [3.63, 3.8) is 0 Å². The smallest absolute Gasteiger partial charge is 0.0493 e. The predicted molar refractivity (Wildman–Crippen MR) is 48.7 cm³/mol. The summed E-state index contributed by atoms with van der Waals surface area (Å²) in [7, 11) is 3.74. The molecule has 0 bridgehead atoms. The first-order chi connectivity index (χ1) is 5.04. The highest BCUT2D eigenvalue weighted by Gasteiger charge is 2.24. The Morgan fingerprint density at radius 2 is 2.00 bits per heavy atom. The summed E-state index contributed by atoms with van der Waals surface area (Å²) in [6.45, 7) is 8.62. The van der Waals surface area contributed by atoms with Crippen molar-refractivity contribution < 1.29 is 4.74 Å². The van der Waals surface area contributed by atoms with Crippen LogP contribution in [-0.2, 0) is 4.74 Å². The van der Waals surface area contributed by atoms with Crippen molar-refractivity contribution in [3.05, 3.63) is 0 Å². The number of methoxy groups -OCH3 is 1. The van der Waals surface area contributed by atoms with Crippen molar-refractivity contribution in [2.24, 2.45) is 11.3 Å². The van der Waals surface area contributed by atoms with Crippen LogP contribution < -0.4 is 5.32 Å². The molecule has 68 valence electrons. The van der Waals surface area contributed by atoms with Gasteiger partial charge in [-0.2, -0.15) is 0 Å². The molecule has 0 aromatic carbocycles. The zero-order chi connectivity index (χ0) is 8.91. The molecule has 0 amide bonds. The summed E-state index contributed by atoms with van der Waals surface area (Å²) >= 11 is 0. The molecule has 0 aromatic rings. The van der Waals surface area contributed by atoms with Crippen molar-refractivity contribution >= 4 is 0 Å². The number of hydrogen-bond donors (Lipinski definition) is 1. The third-order valence-electron chi connectivity index (χ3n) is 2.38. The van der Waals surface area contributed by atoms with Gasteiger partial charge in [-0.25, -0.2) is 0 Å². The van der Waals surface area contributed by atoms with Gasteiger partial charge in [0.1, 0.15) is 0 Å². The molecule has 1 unspecified atom stereocenters. The average molecular weight is 159 g/mol. The quantitative estimate of drug-likeness (QED) is 0.656. The first-order valence-electron chi connectivity index (χ1n) is 4.18. The highest BCUT2D eigenvalue weighted by Crippen LogP contribution is 2.25. The van der Waals surface area contributed by atoms with Crippen LogP contribution in [-0.4, -0.2) is 27.3 Å². The molecule has 0 rings (SSSR count). The highest BCUT2D eigenvalue weighted by atomic mass is 16.5. The molecule has 0 saturated heterocycles. The van der Waals surface area contributed by atoms with E-state index in [1.165, 1.54) is 0 Å².